The summed E-state index contributed by atoms with van der Waals surface area (Å²) in [7, 11) is 2.60. The van der Waals surface area contributed by atoms with Crippen LogP contribution in [0.1, 0.15) is 15.9 Å². The van der Waals surface area contributed by atoms with Crippen LogP contribution in [0.3, 0.4) is 0 Å². The third-order valence-electron chi connectivity index (χ3n) is 2.10. The minimum Gasteiger partial charge on any atom is -0.496 e. The summed E-state index contributed by atoms with van der Waals surface area (Å²) < 4.78 is 10.2. The van der Waals surface area contributed by atoms with Crippen molar-refractivity contribution in [2.75, 3.05) is 14.2 Å². The number of aryl methyl sites for hydroxylation is 1. The Bertz CT molecular complexity index is 440. The number of hydrogen-bond donors (Lipinski definition) is 0. The van der Waals surface area contributed by atoms with Crippen LogP contribution in [-0.2, 0) is 9.53 Å². The minimum absolute atomic E-state index is 0.187. The van der Waals surface area contributed by atoms with Gasteiger partial charge in [0.15, 0.2) is 0 Å². The Labute approximate surface area is 102 Å². The van der Waals surface area contributed by atoms with Crippen molar-refractivity contribution in [2.45, 2.75) is 6.92 Å². The highest BCUT2D eigenvalue weighted by Crippen LogP contribution is 2.27. The minimum atomic E-state index is -0.908. The number of carbonyl (C=O) groups excluding carboxylic acids is 2. The van der Waals surface area contributed by atoms with Crippen molar-refractivity contribution in [1.29, 1.82) is 0 Å². The molecule has 1 aromatic rings. The molecule has 0 amide bonds. The van der Waals surface area contributed by atoms with Crippen LogP contribution in [0.4, 0.5) is 0 Å². The van der Waals surface area contributed by atoms with Gasteiger partial charge in [0.25, 0.3) is 5.78 Å². The Kier molecular flexibility index (Phi) is 4.06. The van der Waals surface area contributed by atoms with E-state index in [0.717, 1.165) is 17.1 Å². The first-order valence-corrected chi connectivity index (χ1v) is 5.27. The van der Waals surface area contributed by atoms with E-state index >= 15 is 0 Å². The molecule has 86 valence electrons. The molecule has 0 aromatic heterocycles. The van der Waals surface area contributed by atoms with Crippen LogP contribution in [0, 0.1) is 6.92 Å². The second-order valence-corrected chi connectivity index (χ2v) is 3.98. The molecule has 0 bridgehead atoms. The Morgan fingerprint density at radius 3 is 2.38 bits per heavy atom. The van der Waals surface area contributed by atoms with Gasteiger partial charge in [-0.05, 0) is 24.6 Å². The maximum Gasteiger partial charge on any atom is 0.379 e. The van der Waals surface area contributed by atoms with Crippen molar-refractivity contribution in [2.24, 2.45) is 0 Å². The van der Waals surface area contributed by atoms with Gasteiger partial charge in [0.2, 0.25) is 0 Å². The van der Waals surface area contributed by atoms with E-state index in [1.807, 2.05) is 6.92 Å². The number of halogens is 1. The van der Waals surface area contributed by atoms with Crippen LogP contribution in [-0.4, -0.2) is 26.0 Å². The predicted octanol–water partition coefficient (Wildman–Crippen LogP) is 2.12. The van der Waals surface area contributed by atoms with Crippen molar-refractivity contribution in [3.8, 4) is 5.75 Å². The number of carbonyl (C=O) groups is 2. The number of benzene rings is 1. The molecule has 0 aliphatic rings. The molecular formula is C11H11BrO4. The van der Waals surface area contributed by atoms with Crippen molar-refractivity contribution in [3.05, 3.63) is 27.7 Å². The summed E-state index contributed by atoms with van der Waals surface area (Å²) in [6, 6.07) is 3.23. The fraction of sp³-hybridized carbons (Fsp3) is 0.273. The van der Waals surface area contributed by atoms with Gasteiger partial charge in [0.05, 0.1) is 19.8 Å². The standard InChI is InChI=1S/C11H11BrO4/c1-6-4-9(15-2)7(5-8(6)12)10(13)11(14)16-3/h4-5H,1-3H3. The summed E-state index contributed by atoms with van der Waals surface area (Å²) in [4.78, 5) is 22.8. The quantitative estimate of drug-likeness (QED) is 0.485. The number of esters is 1. The van der Waals surface area contributed by atoms with Gasteiger partial charge in [0.1, 0.15) is 5.75 Å². The Hall–Kier alpha value is -1.36. The lowest BCUT2D eigenvalue weighted by Gasteiger charge is -2.09. The Morgan fingerprint density at radius 1 is 1.25 bits per heavy atom. The number of rotatable bonds is 3. The normalized spacial score (nSPS) is 9.75. The fourth-order valence-corrected chi connectivity index (χ4v) is 1.55. The Balaban J connectivity index is 3.27. The highest BCUT2D eigenvalue weighted by Gasteiger charge is 2.21. The largest absolute Gasteiger partial charge is 0.496 e. The lowest BCUT2D eigenvalue weighted by molar-refractivity contribution is -0.135. The van der Waals surface area contributed by atoms with Gasteiger partial charge >= 0.3 is 5.97 Å². The second kappa shape index (κ2) is 5.12. The van der Waals surface area contributed by atoms with Crippen molar-refractivity contribution < 1.29 is 19.1 Å². The van der Waals surface area contributed by atoms with E-state index in [-0.39, 0.29) is 5.56 Å². The van der Waals surface area contributed by atoms with Gasteiger partial charge in [-0.25, -0.2) is 4.79 Å². The van der Waals surface area contributed by atoms with E-state index in [9.17, 15) is 9.59 Å². The molecule has 4 nitrogen and oxygen atoms in total. The van der Waals surface area contributed by atoms with Gasteiger partial charge in [0, 0.05) is 4.47 Å². The zero-order chi connectivity index (χ0) is 12.3. The topological polar surface area (TPSA) is 52.6 Å². The van der Waals surface area contributed by atoms with Gasteiger partial charge < -0.3 is 9.47 Å². The third kappa shape index (κ3) is 2.41. The summed E-state index contributed by atoms with van der Waals surface area (Å²) in [6.45, 7) is 1.86. The van der Waals surface area contributed by atoms with Crippen LogP contribution in [0.15, 0.2) is 16.6 Å². The van der Waals surface area contributed by atoms with Crippen LogP contribution in [0.5, 0.6) is 5.75 Å². The number of hydrogen-bond acceptors (Lipinski definition) is 4. The van der Waals surface area contributed by atoms with E-state index in [1.54, 1.807) is 12.1 Å². The van der Waals surface area contributed by atoms with Gasteiger partial charge in [-0.1, -0.05) is 15.9 Å². The van der Waals surface area contributed by atoms with Crippen LogP contribution in [0.25, 0.3) is 0 Å². The molecule has 0 spiro atoms. The molecule has 0 saturated heterocycles. The van der Waals surface area contributed by atoms with Gasteiger partial charge in [-0.3, -0.25) is 4.79 Å². The maximum absolute atomic E-state index is 11.6. The van der Waals surface area contributed by atoms with E-state index in [2.05, 4.69) is 20.7 Å². The SMILES string of the molecule is COC(=O)C(=O)c1cc(Br)c(C)cc1OC. The first kappa shape index (κ1) is 12.7. The number of ketones is 1. The molecule has 0 fully saturated rings. The lowest BCUT2D eigenvalue weighted by atomic mass is 10.1. The molecule has 0 saturated carbocycles. The van der Waals surface area contributed by atoms with Crippen LogP contribution in [0.2, 0.25) is 0 Å². The molecule has 0 atom stereocenters. The molecule has 16 heavy (non-hydrogen) atoms. The second-order valence-electron chi connectivity index (χ2n) is 3.12. The zero-order valence-corrected chi connectivity index (χ0v) is 10.8. The highest BCUT2D eigenvalue weighted by atomic mass is 79.9. The summed E-state index contributed by atoms with van der Waals surface area (Å²) in [5, 5.41) is 0. The molecule has 0 radical (unpaired) electrons. The molecular weight excluding hydrogens is 276 g/mol. The molecule has 1 aromatic carbocycles. The van der Waals surface area contributed by atoms with E-state index < -0.39 is 11.8 Å². The number of methoxy groups -OCH3 is 2. The van der Waals surface area contributed by atoms with Gasteiger partial charge in [-0.2, -0.15) is 0 Å². The molecule has 1 rings (SSSR count). The molecule has 0 aliphatic carbocycles. The summed E-state index contributed by atoms with van der Waals surface area (Å²) >= 11 is 3.29. The monoisotopic (exact) mass is 286 g/mol. The first-order valence-electron chi connectivity index (χ1n) is 4.48. The average molecular weight is 287 g/mol. The van der Waals surface area contributed by atoms with E-state index in [4.69, 9.17) is 4.74 Å². The highest BCUT2D eigenvalue weighted by molar-refractivity contribution is 9.10. The van der Waals surface area contributed by atoms with E-state index in [0.29, 0.717) is 5.75 Å². The molecule has 0 unspecified atom stereocenters. The Morgan fingerprint density at radius 2 is 1.88 bits per heavy atom. The third-order valence-corrected chi connectivity index (χ3v) is 2.95. The molecule has 0 N–H and O–H groups in total. The van der Waals surface area contributed by atoms with Crippen LogP contribution >= 0.6 is 15.9 Å². The maximum atomic E-state index is 11.6. The predicted molar refractivity (Wildman–Crippen MR) is 61.8 cm³/mol. The smallest absolute Gasteiger partial charge is 0.379 e. The molecule has 0 aliphatic heterocycles. The fourth-order valence-electron chi connectivity index (χ4n) is 1.20. The number of ether oxygens (including phenoxy) is 2. The van der Waals surface area contributed by atoms with Crippen molar-refractivity contribution in [3.63, 3.8) is 0 Å². The van der Waals surface area contributed by atoms with Crippen molar-refractivity contribution in [1.82, 2.24) is 0 Å². The van der Waals surface area contributed by atoms with E-state index in [1.165, 1.54) is 7.11 Å². The average Bonchev–Trinajstić information content (AvgIpc) is 2.30. The lowest BCUT2D eigenvalue weighted by Crippen LogP contribution is -2.16. The summed E-state index contributed by atoms with van der Waals surface area (Å²) in [6.07, 6.45) is 0. The summed E-state index contributed by atoms with van der Waals surface area (Å²) in [5.74, 6) is -1.27. The number of Topliss-reactive ketones (excluding diaryl/α,β-unsaturated/α-hetero) is 1. The summed E-state index contributed by atoms with van der Waals surface area (Å²) in [5.41, 5.74) is 1.10. The first-order chi connectivity index (χ1) is 7.51. The van der Waals surface area contributed by atoms with Crippen LogP contribution < -0.4 is 4.74 Å². The molecule has 0 heterocycles. The molecule has 5 heteroatoms. The van der Waals surface area contributed by atoms with Crippen molar-refractivity contribution >= 4 is 27.7 Å². The van der Waals surface area contributed by atoms with Gasteiger partial charge in [-0.15, -0.1) is 0 Å². The zero-order valence-electron chi connectivity index (χ0n) is 9.17.